The molecule has 2 aromatic carbocycles. The number of carbonyl (C=O) groups excluding carboxylic acids is 3. The first-order valence-electron chi connectivity index (χ1n) is 7.77. The highest BCUT2D eigenvalue weighted by atomic mass is 16.6. The number of para-hydroxylation sites is 1. The summed E-state index contributed by atoms with van der Waals surface area (Å²) in [5, 5.41) is 14.7. The summed E-state index contributed by atoms with van der Waals surface area (Å²) >= 11 is 0. The van der Waals surface area contributed by atoms with Crippen LogP contribution >= 0.6 is 0 Å². The van der Waals surface area contributed by atoms with E-state index in [-0.39, 0.29) is 17.9 Å². The summed E-state index contributed by atoms with van der Waals surface area (Å²) in [6, 6.07) is 11.8. The maximum absolute atomic E-state index is 11.8. The van der Waals surface area contributed by atoms with Gasteiger partial charge in [0.25, 0.3) is 17.5 Å². The van der Waals surface area contributed by atoms with Gasteiger partial charge in [0.15, 0.2) is 0 Å². The fraction of sp³-hybridized carbons (Fsp3) is 0.0556. The largest absolute Gasteiger partial charge is 0.488 e. The third-order valence-electron chi connectivity index (χ3n) is 3.70. The predicted octanol–water partition coefficient (Wildman–Crippen LogP) is 1.92. The number of non-ortho nitro benzene ring substituents is 1. The third-order valence-corrected chi connectivity index (χ3v) is 3.70. The van der Waals surface area contributed by atoms with E-state index in [4.69, 9.17) is 4.74 Å². The topological polar surface area (TPSA) is 128 Å². The Labute approximate surface area is 152 Å². The molecule has 27 heavy (non-hydrogen) atoms. The zero-order valence-corrected chi connectivity index (χ0v) is 13.8. The molecule has 0 unspecified atom stereocenters. The van der Waals surface area contributed by atoms with Crippen LogP contribution < -0.4 is 15.4 Å². The number of imide groups is 2. The molecule has 1 aliphatic heterocycles. The molecule has 136 valence electrons. The minimum Gasteiger partial charge on any atom is -0.488 e. The van der Waals surface area contributed by atoms with Crippen molar-refractivity contribution < 1.29 is 24.0 Å². The maximum atomic E-state index is 11.8. The molecule has 0 saturated carbocycles. The smallest absolute Gasteiger partial charge is 0.328 e. The van der Waals surface area contributed by atoms with Gasteiger partial charge in [0.05, 0.1) is 4.92 Å². The Morgan fingerprint density at radius 1 is 0.963 bits per heavy atom. The molecule has 1 aliphatic rings. The van der Waals surface area contributed by atoms with Crippen LogP contribution in [0.1, 0.15) is 11.1 Å². The molecule has 0 aromatic heterocycles. The molecular formula is C18H13N3O6. The predicted molar refractivity (Wildman–Crippen MR) is 93.5 cm³/mol. The second-order valence-corrected chi connectivity index (χ2v) is 5.55. The Balaban J connectivity index is 1.79. The first-order chi connectivity index (χ1) is 12.9. The first-order valence-corrected chi connectivity index (χ1v) is 7.77. The zero-order valence-electron chi connectivity index (χ0n) is 13.8. The van der Waals surface area contributed by atoms with E-state index >= 15 is 0 Å². The van der Waals surface area contributed by atoms with Crippen molar-refractivity contribution in [2.24, 2.45) is 0 Å². The lowest BCUT2D eigenvalue weighted by atomic mass is 10.1. The van der Waals surface area contributed by atoms with Gasteiger partial charge in [0.2, 0.25) is 0 Å². The van der Waals surface area contributed by atoms with E-state index in [1.807, 2.05) is 10.6 Å². The number of benzene rings is 2. The van der Waals surface area contributed by atoms with Crippen molar-refractivity contribution in [1.82, 2.24) is 10.6 Å². The van der Waals surface area contributed by atoms with Crippen molar-refractivity contribution >= 4 is 29.6 Å². The van der Waals surface area contributed by atoms with Gasteiger partial charge >= 0.3 is 6.03 Å². The quantitative estimate of drug-likeness (QED) is 0.360. The number of rotatable bonds is 5. The number of nitrogens with one attached hydrogen (secondary N) is 2. The van der Waals surface area contributed by atoms with Gasteiger partial charge in [-0.1, -0.05) is 18.2 Å². The molecule has 0 spiro atoms. The Bertz CT molecular complexity index is 943. The molecule has 3 rings (SSSR count). The average Bonchev–Trinajstić information content (AvgIpc) is 2.64. The molecular weight excluding hydrogens is 354 g/mol. The van der Waals surface area contributed by atoms with Gasteiger partial charge < -0.3 is 4.74 Å². The average molecular weight is 367 g/mol. The Kier molecular flexibility index (Phi) is 4.93. The fourth-order valence-electron chi connectivity index (χ4n) is 2.37. The number of nitrogens with zero attached hydrogens (tertiary/aromatic N) is 1. The van der Waals surface area contributed by atoms with Crippen LogP contribution in [0.2, 0.25) is 0 Å². The van der Waals surface area contributed by atoms with E-state index in [0.29, 0.717) is 16.9 Å². The SMILES string of the molecule is O=C1NC(=O)C(=Cc2ccccc2OCc2ccc([N+](=O)[O-])cc2)C(=O)N1. The van der Waals surface area contributed by atoms with Gasteiger partial charge in [-0.2, -0.15) is 0 Å². The highest BCUT2D eigenvalue weighted by Gasteiger charge is 2.27. The zero-order chi connectivity index (χ0) is 19.4. The monoisotopic (exact) mass is 367 g/mol. The van der Waals surface area contributed by atoms with E-state index < -0.39 is 22.8 Å². The second-order valence-electron chi connectivity index (χ2n) is 5.55. The van der Waals surface area contributed by atoms with Gasteiger partial charge in [0, 0.05) is 17.7 Å². The molecule has 0 radical (unpaired) electrons. The molecule has 2 aromatic rings. The number of ether oxygens (including phenoxy) is 1. The summed E-state index contributed by atoms with van der Waals surface area (Å²) in [6.45, 7) is 0.134. The molecule has 0 atom stereocenters. The van der Waals surface area contributed by atoms with E-state index in [1.165, 1.54) is 18.2 Å². The molecule has 1 heterocycles. The standard InChI is InChI=1S/C18H13N3O6/c22-16-14(17(23)20-18(24)19-16)9-12-3-1-2-4-15(12)27-10-11-5-7-13(8-6-11)21(25)26/h1-9H,10H2,(H2,19,20,22,23,24). The van der Waals surface area contributed by atoms with E-state index in [1.54, 1.807) is 36.4 Å². The Morgan fingerprint density at radius 3 is 2.22 bits per heavy atom. The van der Waals surface area contributed by atoms with Crippen molar-refractivity contribution in [2.45, 2.75) is 6.61 Å². The van der Waals surface area contributed by atoms with Crippen LogP contribution in [-0.2, 0) is 16.2 Å². The van der Waals surface area contributed by atoms with Gasteiger partial charge in [-0.25, -0.2) is 4.79 Å². The normalized spacial score (nSPS) is 13.6. The minimum absolute atomic E-state index is 0.0206. The lowest BCUT2D eigenvalue weighted by molar-refractivity contribution is -0.384. The van der Waals surface area contributed by atoms with Crippen molar-refractivity contribution in [2.75, 3.05) is 0 Å². The van der Waals surface area contributed by atoms with Crippen molar-refractivity contribution in [3.8, 4) is 5.75 Å². The molecule has 0 aliphatic carbocycles. The molecule has 1 fully saturated rings. The molecule has 9 heteroatoms. The molecule has 0 bridgehead atoms. The lowest BCUT2D eigenvalue weighted by Crippen LogP contribution is -2.51. The maximum Gasteiger partial charge on any atom is 0.328 e. The lowest BCUT2D eigenvalue weighted by Gasteiger charge is -2.15. The van der Waals surface area contributed by atoms with Crippen LogP contribution in [0.25, 0.3) is 6.08 Å². The van der Waals surface area contributed by atoms with E-state index in [9.17, 15) is 24.5 Å². The van der Waals surface area contributed by atoms with E-state index in [0.717, 1.165) is 0 Å². The Hall–Kier alpha value is -4.01. The van der Waals surface area contributed by atoms with Crippen LogP contribution in [0.15, 0.2) is 54.1 Å². The van der Waals surface area contributed by atoms with Crippen LogP contribution in [0.4, 0.5) is 10.5 Å². The molecule has 9 nitrogen and oxygen atoms in total. The summed E-state index contributed by atoms with van der Waals surface area (Å²) in [7, 11) is 0. The van der Waals surface area contributed by atoms with Crippen LogP contribution in [0, 0.1) is 10.1 Å². The number of hydrogen-bond donors (Lipinski definition) is 2. The third kappa shape index (κ3) is 4.15. The van der Waals surface area contributed by atoms with Crippen molar-refractivity contribution in [3.63, 3.8) is 0 Å². The summed E-state index contributed by atoms with van der Waals surface area (Å²) in [5.74, 6) is -1.19. The molecule has 1 saturated heterocycles. The highest BCUT2D eigenvalue weighted by Crippen LogP contribution is 2.23. The van der Waals surface area contributed by atoms with Crippen LogP contribution in [0.3, 0.4) is 0 Å². The van der Waals surface area contributed by atoms with E-state index in [2.05, 4.69) is 0 Å². The number of nitro groups is 1. The highest BCUT2D eigenvalue weighted by molar-refractivity contribution is 6.31. The number of hydrogen-bond acceptors (Lipinski definition) is 6. The van der Waals surface area contributed by atoms with Gasteiger partial charge in [-0.15, -0.1) is 0 Å². The molecule has 2 N–H and O–H groups in total. The van der Waals surface area contributed by atoms with Crippen LogP contribution in [0.5, 0.6) is 5.75 Å². The summed E-state index contributed by atoms with van der Waals surface area (Å²) in [4.78, 5) is 45.0. The van der Waals surface area contributed by atoms with Gasteiger partial charge in [-0.05, 0) is 29.8 Å². The minimum atomic E-state index is -0.871. The van der Waals surface area contributed by atoms with Gasteiger partial charge in [0.1, 0.15) is 17.9 Å². The van der Waals surface area contributed by atoms with Crippen LogP contribution in [-0.4, -0.2) is 22.8 Å². The number of urea groups is 1. The molecule has 4 amide bonds. The van der Waals surface area contributed by atoms with Crippen molar-refractivity contribution in [3.05, 3.63) is 75.3 Å². The van der Waals surface area contributed by atoms with Gasteiger partial charge in [-0.3, -0.25) is 30.3 Å². The fourth-order valence-corrected chi connectivity index (χ4v) is 2.37. The van der Waals surface area contributed by atoms with Crippen molar-refractivity contribution in [1.29, 1.82) is 0 Å². The number of nitro benzene ring substituents is 1. The summed E-state index contributed by atoms with van der Waals surface area (Å²) in [5.41, 5.74) is 0.935. The number of carbonyl (C=O) groups is 3. The number of barbiturate groups is 1. The first kappa shape index (κ1) is 17.8. The number of amides is 4. The summed E-state index contributed by atoms with van der Waals surface area (Å²) in [6.07, 6.45) is 1.32. The summed E-state index contributed by atoms with van der Waals surface area (Å²) < 4.78 is 5.71. The second kappa shape index (κ2) is 7.48. The Morgan fingerprint density at radius 2 is 1.59 bits per heavy atom.